The number of nitrogen functional groups attached to an aromatic ring is 5. The predicted octanol–water partition coefficient (Wildman–Crippen LogP) is 12.5. The number of aromatic nitrogens is 20. The summed E-state index contributed by atoms with van der Waals surface area (Å²) in [5, 5.41) is 0. The molecule has 1 aliphatic carbocycles. The molecule has 15 heterocycles. The number of anilines is 5. The van der Waals surface area contributed by atoms with Gasteiger partial charge in [-0.3, -0.25) is 29.9 Å². The summed E-state index contributed by atoms with van der Waals surface area (Å²) in [4.78, 5) is 86.3. The number of hydrogen-bond donors (Lipinski definition) is 5. The maximum absolute atomic E-state index is 5.78. The molecule has 0 saturated heterocycles. The Balaban J connectivity index is 0.000000114. The average molecular weight is 1350 g/mol. The van der Waals surface area contributed by atoms with Crippen molar-refractivity contribution in [3.05, 3.63) is 263 Å². The highest BCUT2D eigenvalue weighted by Crippen LogP contribution is 2.39. The molecule has 0 aliphatic heterocycles. The molecule has 0 atom stereocenters. The first kappa shape index (κ1) is 65.9. The summed E-state index contributed by atoms with van der Waals surface area (Å²) in [6.45, 7) is 1.82. The van der Waals surface area contributed by atoms with Gasteiger partial charge in [0, 0.05) is 90.1 Å². The first-order chi connectivity index (χ1) is 50.0. The van der Waals surface area contributed by atoms with Crippen LogP contribution in [0.3, 0.4) is 0 Å². The van der Waals surface area contributed by atoms with Crippen molar-refractivity contribution in [1.82, 2.24) is 99.7 Å². The van der Waals surface area contributed by atoms with E-state index in [0.29, 0.717) is 115 Å². The zero-order chi connectivity index (χ0) is 70.0. The molecule has 0 amide bonds. The fourth-order valence-corrected chi connectivity index (χ4v) is 10.0. The average Bonchev–Trinajstić information content (AvgIpc) is 1.27. The predicted molar refractivity (Wildman–Crippen MR) is 383 cm³/mol. The van der Waals surface area contributed by atoms with E-state index in [4.69, 9.17) is 41.9 Å². The summed E-state index contributed by atoms with van der Waals surface area (Å²) in [6.07, 6.45) is 31.9. The van der Waals surface area contributed by atoms with E-state index in [1.165, 1.54) is 18.6 Å². The number of pyridine rings is 4. The molecule has 0 bridgehead atoms. The molecular formula is C74H59N25O3. The maximum atomic E-state index is 5.78. The Labute approximate surface area is 581 Å². The molecule has 28 nitrogen and oxygen atoms in total. The van der Waals surface area contributed by atoms with Gasteiger partial charge in [-0.15, -0.1) is 0 Å². The quantitative estimate of drug-likeness (QED) is 0.0758. The molecule has 1 aromatic carbocycles. The van der Waals surface area contributed by atoms with Crippen molar-refractivity contribution in [2.75, 3.05) is 28.7 Å². The van der Waals surface area contributed by atoms with Crippen molar-refractivity contribution < 1.29 is 13.3 Å². The van der Waals surface area contributed by atoms with Gasteiger partial charge in [-0.2, -0.15) is 0 Å². The Morgan fingerprint density at radius 1 is 0.284 bits per heavy atom. The molecule has 498 valence electrons. The van der Waals surface area contributed by atoms with Gasteiger partial charge >= 0.3 is 0 Å². The van der Waals surface area contributed by atoms with Gasteiger partial charge in [0.2, 0.25) is 0 Å². The lowest BCUT2D eigenvalue weighted by atomic mass is 10.1. The molecule has 28 heteroatoms. The van der Waals surface area contributed by atoms with E-state index in [1.54, 1.807) is 130 Å². The summed E-state index contributed by atoms with van der Waals surface area (Å²) in [5.74, 6) is 6.22. The highest BCUT2D eigenvalue weighted by molar-refractivity contribution is 5.80. The summed E-state index contributed by atoms with van der Waals surface area (Å²) >= 11 is 0. The fourth-order valence-electron chi connectivity index (χ4n) is 10.0. The van der Waals surface area contributed by atoms with Crippen molar-refractivity contribution in [3.8, 4) is 125 Å². The molecular weight excluding hydrogens is 1290 g/mol. The fraction of sp³-hybridized carbons (Fsp3) is 0.0541. The number of hydrogen-bond acceptors (Lipinski definition) is 28. The lowest BCUT2D eigenvalue weighted by Crippen LogP contribution is -2.00. The van der Waals surface area contributed by atoms with Gasteiger partial charge in [0.15, 0.2) is 23.1 Å². The lowest BCUT2D eigenvalue weighted by Gasteiger charge is -2.08. The van der Waals surface area contributed by atoms with Crippen LogP contribution in [0.15, 0.2) is 265 Å². The molecule has 1 fully saturated rings. The van der Waals surface area contributed by atoms with Gasteiger partial charge in [0.1, 0.15) is 86.3 Å². The number of nitrogens with zero attached hydrogens (tertiary/aromatic N) is 20. The highest BCUT2D eigenvalue weighted by Gasteiger charge is 2.28. The minimum atomic E-state index is 0.322. The van der Waals surface area contributed by atoms with Crippen molar-refractivity contribution >= 4 is 29.1 Å². The second kappa shape index (κ2) is 31.5. The van der Waals surface area contributed by atoms with Crippen LogP contribution in [0.25, 0.3) is 125 Å². The van der Waals surface area contributed by atoms with Gasteiger partial charge in [-0.05, 0) is 123 Å². The smallest absolute Gasteiger partial charge is 0.159 e. The summed E-state index contributed by atoms with van der Waals surface area (Å²) in [7, 11) is 0. The molecule has 15 aromatic heterocycles. The number of aryl methyl sites for hydroxylation is 1. The van der Waals surface area contributed by atoms with Crippen LogP contribution in [0.1, 0.15) is 30.4 Å². The third kappa shape index (κ3) is 16.4. The van der Waals surface area contributed by atoms with Crippen molar-refractivity contribution in [2.24, 2.45) is 0 Å². The molecule has 0 radical (unpaired) electrons. The summed E-state index contributed by atoms with van der Waals surface area (Å²) in [5.41, 5.74) is 41.7. The van der Waals surface area contributed by atoms with E-state index in [1.807, 2.05) is 110 Å². The zero-order valence-electron chi connectivity index (χ0n) is 54.2. The molecule has 1 saturated carbocycles. The number of nitrogens with two attached hydrogens (primary N) is 5. The third-order valence-electron chi connectivity index (χ3n) is 14.8. The first-order valence-corrected chi connectivity index (χ1v) is 31.4. The Bertz CT molecular complexity index is 5260. The minimum Gasteiger partial charge on any atom is -0.463 e. The van der Waals surface area contributed by atoms with Crippen molar-refractivity contribution in [1.29, 1.82) is 0 Å². The van der Waals surface area contributed by atoms with Crippen LogP contribution in [-0.2, 0) is 0 Å². The second-order valence-corrected chi connectivity index (χ2v) is 22.0. The van der Waals surface area contributed by atoms with Crippen LogP contribution >= 0.6 is 0 Å². The van der Waals surface area contributed by atoms with Crippen LogP contribution in [0.5, 0.6) is 0 Å². The lowest BCUT2D eigenvalue weighted by molar-refractivity contribution is 0.579. The van der Waals surface area contributed by atoms with Crippen LogP contribution in [-0.4, -0.2) is 99.7 Å². The highest BCUT2D eigenvalue weighted by atomic mass is 16.3. The van der Waals surface area contributed by atoms with Crippen LogP contribution < -0.4 is 28.7 Å². The van der Waals surface area contributed by atoms with E-state index in [2.05, 4.69) is 99.7 Å². The number of furan rings is 3. The standard InChI is InChI=1S/C18H13N5O.C15H13N5O.2C14H11N5.C13H11N5O/c19-15-11-21-16(17(23-15)14-7-4-10-24-14)13-8-9-20-18(22-13)12-5-2-1-3-6-12;16-12-8-18-13(14(20-12)11-2-1-7-21-11)10-5-6-17-15(19-10)9-3-4-9;15-12-9-18-13(10-3-6-16-7-4-10)14(19-12)11-2-1-5-17-8-11;15-12-9-18-13(10-4-7-16-8-5-10)14(19-12)11-3-1-2-6-17-11;1-8-15-5-4-9(17-8)12-13(10-3-2-6-19-10)18-11(14)7-16-12/h1-11H,(H2,19,23);1-2,5-9H,3-4H2,(H2,16,20);2*1-9H,(H2,15,19);2-7H,1H3,(H2,14,18). The molecule has 102 heavy (non-hydrogen) atoms. The van der Waals surface area contributed by atoms with Crippen LogP contribution in [0.2, 0.25) is 0 Å². The number of rotatable bonds is 12. The van der Waals surface area contributed by atoms with Gasteiger partial charge < -0.3 is 41.9 Å². The third-order valence-corrected chi connectivity index (χ3v) is 14.8. The van der Waals surface area contributed by atoms with Gasteiger partial charge in [0.05, 0.1) is 83.9 Å². The van der Waals surface area contributed by atoms with E-state index in [-0.39, 0.29) is 0 Å². The van der Waals surface area contributed by atoms with Crippen LogP contribution in [0.4, 0.5) is 29.1 Å². The Hall–Kier alpha value is -14.7. The zero-order valence-corrected chi connectivity index (χ0v) is 54.2. The Morgan fingerprint density at radius 2 is 0.735 bits per heavy atom. The number of benzene rings is 1. The summed E-state index contributed by atoms with van der Waals surface area (Å²) in [6, 6.07) is 43.0. The van der Waals surface area contributed by atoms with Gasteiger partial charge in [0.25, 0.3) is 0 Å². The molecule has 16 aromatic rings. The normalized spacial score (nSPS) is 11.3. The van der Waals surface area contributed by atoms with E-state index < -0.39 is 0 Å². The van der Waals surface area contributed by atoms with Crippen molar-refractivity contribution in [2.45, 2.75) is 25.7 Å². The largest absolute Gasteiger partial charge is 0.463 e. The Kier molecular flexibility index (Phi) is 20.3. The van der Waals surface area contributed by atoms with Crippen LogP contribution in [0, 0.1) is 6.92 Å². The molecule has 0 spiro atoms. The topological polar surface area (TPSA) is 427 Å². The van der Waals surface area contributed by atoms with E-state index >= 15 is 0 Å². The summed E-state index contributed by atoms with van der Waals surface area (Å²) < 4.78 is 16.2. The maximum Gasteiger partial charge on any atom is 0.159 e. The SMILES string of the molecule is Cc1nccc(-c2ncc(N)nc2-c2ccco2)n1.Nc1cnc(-c2ccnc(-c3ccccc3)n2)c(-c2ccco2)n1.Nc1cnc(-c2ccnc(C3CC3)n2)c(-c2ccco2)n1.Nc1cnc(-c2ccncc2)c(-c2ccccn2)n1.Nc1cnc(-c2ccncc2)c(-c2cccnc2)n1. The second-order valence-electron chi connectivity index (χ2n) is 22.0. The van der Waals surface area contributed by atoms with Crippen molar-refractivity contribution in [3.63, 3.8) is 0 Å². The molecule has 1 aliphatic rings. The molecule has 17 rings (SSSR count). The molecule has 0 unspecified atom stereocenters. The van der Waals surface area contributed by atoms with Gasteiger partial charge in [-0.1, -0.05) is 36.4 Å². The molecule has 10 N–H and O–H groups in total. The Morgan fingerprint density at radius 3 is 1.21 bits per heavy atom. The van der Waals surface area contributed by atoms with E-state index in [0.717, 1.165) is 69.4 Å². The minimum absolute atomic E-state index is 0.322. The first-order valence-electron chi connectivity index (χ1n) is 31.4. The van der Waals surface area contributed by atoms with E-state index in [9.17, 15) is 0 Å². The monoisotopic (exact) mass is 1350 g/mol. The van der Waals surface area contributed by atoms with Gasteiger partial charge in [-0.25, -0.2) is 69.8 Å².